The number of para-hydroxylation sites is 1. The lowest BCUT2D eigenvalue weighted by atomic mass is 10.1. The zero-order chi connectivity index (χ0) is 21.5. The minimum absolute atomic E-state index is 0.181. The third-order valence-corrected chi connectivity index (χ3v) is 6.46. The van der Waals surface area contributed by atoms with Crippen molar-refractivity contribution in [3.05, 3.63) is 72.1 Å². The van der Waals surface area contributed by atoms with Crippen LogP contribution in [0.1, 0.15) is 20.7 Å². The number of hydrogen-bond acceptors (Lipinski definition) is 6. The van der Waals surface area contributed by atoms with Crippen molar-refractivity contribution in [1.29, 1.82) is 0 Å². The Labute approximate surface area is 175 Å². The van der Waals surface area contributed by atoms with E-state index in [9.17, 15) is 18.0 Å². The van der Waals surface area contributed by atoms with Crippen LogP contribution in [0.2, 0.25) is 0 Å². The average molecular weight is 441 g/mol. The quantitative estimate of drug-likeness (QED) is 0.494. The number of carbonyl (C=O) groups is 2. The summed E-state index contributed by atoms with van der Waals surface area (Å²) in [6, 6.07) is 12.9. The molecule has 0 saturated carbocycles. The molecule has 0 aliphatic carbocycles. The van der Waals surface area contributed by atoms with Crippen LogP contribution in [0.5, 0.6) is 0 Å². The number of amides is 2. The average Bonchev–Trinajstić information content (AvgIpc) is 3.35. The van der Waals surface area contributed by atoms with Gasteiger partial charge >= 0.3 is 0 Å². The van der Waals surface area contributed by atoms with Crippen molar-refractivity contribution in [2.75, 3.05) is 11.6 Å². The predicted molar refractivity (Wildman–Crippen MR) is 115 cm³/mol. The maximum Gasteiger partial charge on any atom is 0.259 e. The summed E-state index contributed by atoms with van der Waals surface area (Å²) in [4.78, 5) is 29.4. The maximum atomic E-state index is 13.0. The molecule has 0 spiro atoms. The van der Waals surface area contributed by atoms with Crippen molar-refractivity contribution < 1.29 is 18.0 Å². The largest absolute Gasteiger partial charge is 0.366 e. The molecule has 0 aliphatic heterocycles. The molecule has 30 heavy (non-hydrogen) atoms. The second-order valence-electron chi connectivity index (χ2n) is 6.53. The first-order valence-electron chi connectivity index (χ1n) is 8.72. The van der Waals surface area contributed by atoms with Crippen LogP contribution < -0.4 is 11.1 Å². The number of anilines is 1. The molecule has 0 atom stereocenters. The van der Waals surface area contributed by atoms with E-state index in [0.29, 0.717) is 21.0 Å². The SMILES string of the molecule is CS(=O)(=O)c1ccc2nc(NC(=O)c3cccc(C(N)=O)c3-n3cccc3)sc2c1. The molecule has 0 bridgehead atoms. The molecule has 152 valence electrons. The number of nitrogens with two attached hydrogens (primary N) is 1. The number of nitrogens with zero attached hydrogens (tertiary/aromatic N) is 2. The van der Waals surface area contributed by atoms with Crippen LogP contribution in [0.4, 0.5) is 5.13 Å². The van der Waals surface area contributed by atoms with E-state index in [1.807, 2.05) is 0 Å². The minimum Gasteiger partial charge on any atom is -0.366 e. The molecule has 4 aromatic rings. The fraction of sp³-hybridized carbons (Fsp3) is 0.0500. The van der Waals surface area contributed by atoms with E-state index in [-0.39, 0.29) is 16.0 Å². The molecule has 0 fully saturated rings. The molecule has 2 amide bonds. The summed E-state index contributed by atoms with van der Waals surface area (Å²) in [5.41, 5.74) is 6.89. The Bertz CT molecular complexity index is 1390. The van der Waals surface area contributed by atoms with Crippen molar-refractivity contribution in [3.63, 3.8) is 0 Å². The van der Waals surface area contributed by atoms with Crippen LogP contribution in [0, 0.1) is 0 Å². The van der Waals surface area contributed by atoms with E-state index in [1.165, 1.54) is 12.1 Å². The van der Waals surface area contributed by atoms with Gasteiger partial charge in [-0.25, -0.2) is 13.4 Å². The van der Waals surface area contributed by atoms with Crippen molar-refractivity contribution >= 4 is 48.3 Å². The van der Waals surface area contributed by atoms with E-state index in [0.717, 1.165) is 17.6 Å². The van der Waals surface area contributed by atoms with Crippen molar-refractivity contribution in [2.24, 2.45) is 5.73 Å². The number of fused-ring (bicyclic) bond motifs is 1. The van der Waals surface area contributed by atoms with Gasteiger partial charge in [-0.2, -0.15) is 0 Å². The first-order valence-corrected chi connectivity index (χ1v) is 11.4. The Kier molecular flexibility index (Phi) is 4.88. The third kappa shape index (κ3) is 3.70. The molecule has 0 saturated heterocycles. The molecule has 4 rings (SSSR count). The zero-order valence-electron chi connectivity index (χ0n) is 15.7. The molecule has 2 heterocycles. The summed E-state index contributed by atoms with van der Waals surface area (Å²) in [5, 5.41) is 3.04. The molecule has 2 aromatic carbocycles. The standard InChI is InChI=1S/C20H16N4O4S2/c1-30(27,28)12-7-8-15-16(11-12)29-20(22-15)23-19(26)14-6-4-5-13(18(21)25)17(14)24-9-2-3-10-24/h2-11H,1H3,(H2,21,25)(H,22,23,26). The van der Waals surface area contributed by atoms with Crippen LogP contribution in [-0.4, -0.2) is 36.0 Å². The lowest BCUT2D eigenvalue weighted by Gasteiger charge is -2.13. The zero-order valence-corrected chi connectivity index (χ0v) is 17.3. The number of nitrogens with one attached hydrogen (secondary N) is 1. The molecule has 2 aromatic heterocycles. The highest BCUT2D eigenvalue weighted by Gasteiger charge is 2.20. The van der Waals surface area contributed by atoms with Crippen LogP contribution in [-0.2, 0) is 9.84 Å². The van der Waals surface area contributed by atoms with Gasteiger partial charge in [-0.1, -0.05) is 17.4 Å². The van der Waals surface area contributed by atoms with E-state index < -0.39 is 21.7 Å². The number of carbonyl (C=O) groups excluding carboxylic acids is 2. The lowest BCUT2D eigenvalue weighted by Crippen LogP contribution is -2.20. The molecule has 0 aliphatic rings. The first kappa shape index (κ1) is 19.8. The number of benzene rings is 2. The van der Waals surface area contributed by atoms with Crippen molar-refractivity contribution in [1.82, 2.24) is 9.55 Å². The second-order valence-corrected chi connectivity index (χ2v) is 9.58. The van der Waals surface area contributed by atoms with Gasteiger partial charge < -0.3 is 10.3 Å². The third-order valence-electron chi connectivity index (χ3n) is 4.42. The number of sulfone groups is 1. The number of aromatic nitrogens is 2. The van der Waals surface area contributed by atoms with Gasteiger partial charge in [0.1, 0.15) is 0 Å². The smallest absolute Gasteiger partial charge is 0.259 e. The fourth-order valence-corrected chi connectivity index (χ4v) is 4.66. The Morgan fingerprint density at radius 3 is 2.43 bits per heavy atom. The van der Waals surface area contributed by atoms with Gasteiger partial charge in [0.15, 0.2) is 15.0 Å². The van der Waals surface area contributed by atoms with E-state index in [1.54, 1.807) is 53.4 Å². The number of thiazole rings is 1. The second kappa shape index (κ2) is 7.39. The summed E-state index contributed by atoms with van der Waals surface area (Å²) in [5.74, 6) is -1.12. The normalized spacial score (nSPS) is 11.5. The molecular formula is C20H16N4O4S2. The number of rotatable bonds is 5. The highest BCUT2D eigenvalue weighted by molar-refractivity contribution is 7.90. The van der Waals surface area contributed by atoms with E-state index in [4.69, 9.17) is 5.73 Å². The highest BCUT2D eigenvalue weighted by Crippen LogP contribution is 2.29. The van der Waals surface area contributed by atoms with Crippen LogP contribution in [0.25, 0.3) is 15.9 Å². The molecule has 0 unspecified atom stereocenters. The Hall–Kier alpha value is -3.50. The Morgan fingerprint density at radius 1 is 1.07 bits per heavy atom. The summed E-state index contributed by atoms with van der Waals surface area (Å²) >= 11 is 1.16. The monoisotopic (exact) mass is 440 g/mol. The van der Waals surface area contributed by atoms with Gasteiger partial charge in [0.2, 0.25) is 0 Å². The first-order chi connectivity index (χ1) is 14.2. The number of hydrogen-bond donors (Lipinski definition) is 2. The minimum atomic E-state index is -3.35. The van der Waals surface area contributed by atoms with Crippen molar-refractivity contribution in [3.8, 4) is 5.69 Å². The van der Waals surface area contributed by atoms with Gasteiger partial charge in [-0.3, -0.25) is 14.9 Å². The Balaban J connectivity index is 1.73. The topological polar surface area (TPSA) is 124 Å². The fourth-order valence-electron chi connectivity index (χ4n) is 3.04. The molecule has 10 heteroatoms. The highest BCUT2D eigenvalue weighted by atomic mass is 32.2. The summed E-state index contributed by atoms with van der Waals surface area (Å²) in [6.07, 6.45) is 4.55. The van der Waals surface area contributed by atoms with Gasteiger partial charge in [0, 0.05) is 18.6 Å². The van der Waals surface area contributed by atoms with E-state index in [2.05, 4.69) is 10.3 Å². The van der Waals surface area contributed by atoms with Crippen LogP contribution in [0.15, 0.2) is 65.8 Å². The van der Waals surface area contributed by atoms with Crippen molar-refractivity contribution in [2.45, 2.75) is 4.90 Å². The summed E-state index contributed by atoms with van der Waals surface area (Å²) < 4.78 is 25.8. The molecular weight excluding hydrogens is 424 g/mol. The summed E-state index contributed by atoms with van der Waals surface area (Å²) in [7, 11) is -3.35. The Morgan fingerprint density at radius 2 is 1.77 bits per heavy atom. The van der Waals surface area contributed by atoms with E-state index >= 15 is 0 Å². The van der Waals surface area contributed by atoms with Gasteiger partial charge in [-0.15, -0.1) is 0 Å². The summed E-state index contributed by atoms with van der Waals surface area (Å²) in [6.45, 7) is 0. The van der Waals surface area contributed by atoms with Gasteiger partial charge in [0.05, 0.1) is 31.9 Å². The van der Waals surface area contributed by atoms with Crippen LogP contribution in [0.3, 0.4) is 0 Å². The maximum absolute atomic E-state index is 13.0. The lowest BCUT2D eigenvalue weighted by molar-refractivity contribution is 0.1000. The molecule has 8 nitrogen and oxygen atoms in total. The number of primary amides is 1. The van der Waals surface area contributed by atoms with Gasteiger partial charge in [-0.05, 0) is 42.5 Å². The molecule has 3 N–H and O–H groups in total. The van der Waals surface area contributed by atoms with Crippen LogP contribution >= 0.6 is 11.3 Å². The predicted octanol–water partition coefficient (Wildman–Crippen LogP) is 2.84. The molecule has 0 radical (unpaired) electrons. The van der Waals surface area contributed by atoms with Gasteiger partial charge in [0.25, 0.3) is 11.8 Å².